The molecule has 0 saturated carbocycles. The molecule has 0 aliphatic rings. The van der Waals surface area contributed by atoms with E-state index < -0.39 is 14.6 Å². The molecule has 6 heteroatoms. The van der Waals surface area contributed by atoms with Crippen LogP contribution in [0, 0.1) is 0 Å². The summed E-state index contributed by atoms with van der Waals surface area (Å²) in [6, 6.07) is 1.61. The van der Waals surface area contributed by atoms with E-state index in [1.807, 2.05) is 0 Å². The number of Topliss-reactive ketones (excluding diaryl/α,β-unsaturated/α-hetero) is 1. The topological polar surface area (TPSA) is 64.1 Å². The van der Waals surface area contributed by atoms with E-state index >= 15 is 0 Å². The van der Waals surface area contributed by atoms with Gasteiger partial charge in [0.05, 0.1) is 5.02 Å². The fraction of sp³-hybridized carbons (Fsp3) is 0.455. The van der Waals surface area contributed by atoms with Gasteiger partial charge >= 0.3 is 0 Å². The van der Waals surface area contributed by atoms with Gasteiger partial charge in [0.25, 0.3) is 0 Å². The predicted octanol–water partition coefficient (Wildman–Crippen LogP) is 1.67. The number of ketones is 1. The molecule has 0 unspecified atom stereocenters. The molecular formula is C11H14ClNO3S. The molecule has 0 bridgehead atoms. The van der Waals surface area contributed by atoms with E-state index in [-0.39, 0.29) is 12.2 Å². The lowest BCUT2D eigenvalue weighted by molar-refractivity contribution is -0.120. The van der Waals surface area contributed by atoms with Gasteiger partial charge in [-0.25, -0.2) is 8.42 Å². The number of rotatable bonds is 4. The quantitative estimate of drug-likeness (QED) is 0.838. The van der Waals surface area contributed by atoms with Gasteiger partial charge < -0.3 is 0 Å². The number of halogens is 1. The van der Waals surface area contributed by atoms with Crippen LogP contribution in [0.1, 0.15) is 19.4 Å². The zero-order valence-corrected chi connectivity index (χ0v) is 11.5. The Kier molecular flexibility index (Phi) is 3.94. The van der Waals surface area contributed by atoms with E-state index in [4.69, 9.17) is 11.6 Å². The summed E-state index contributed by atoms with van der Waals surface area (Å²) in [5.74, 6) is -0.381. The molecule has 0 fully saturated rings. The molecule has 94 valence electrons. The summed E-state index contributed by atoms with van der Waals surface area (Å²) in [5, 5.41) is 0.366. The lowest BCUT2D eigenvalue weighted by atomic mass is 10.0. The van der Waals surface area contributed by atoms with Crippen molar-refractivity contribution >= 4 is 27.2 Å². The standard InChI is InChI=1S/C11H14ClNO3S/c1-11(2,17(3,15)16)10(14)6-8-4-5-13-7-9(8)12/h4-5,7H,6H2,1-3H3. The number of hydrogen-bond donors (Lipinski definition) is 0. The Morgan fingerprint density at radius 2 is 2.06 bits per heavy atom. The zero-order chi connectivity index (χ0) is 13.3. The second-order valence-corrected chi connectivity index (χ2v) is 7.32. The van der Waals surface area contributed by atoms with Gasteiger partial charge in [-0.15, -0.1) is 0 Å². The number of carbonyl (C=O) groups excluding carboxylic acids is 1. The van der Waals surface area contributed by atoms with Crippen LogP contribution in [-0.2, 0) is 21.1 Å². The molecule has 0 atom stereocenters. The highest BCUT2D eigenvalue weighted by atomic mass is 35.5. The zero-order valence-electron chi connectivity index (χ0n) is 9.90. The largest absolute Gasteiger partial charge is 0.298 e. The van der Waals surface area contributed by atoms with E-state index in [0.717, 1.165) is 6.26 Å². The van der Waals surface area contributed by atoms with Gasteiger partial charge in [-0.1, -0.05) is 11.6 Å². The third kappa shape index (κ3) is 3.04. The molecule has 0 aliphatic carbocycles. The van der Waals surface area contributed by atoms with E-state index in [0.29, 0.717) is 10.6 Å². The highest BCUT2D eigenvalue weighted by molar-refractivity contribution is 7.92. The Bertz CT molecular complexity index is 537. The minimum atomic E-state index is -3.44. The fourth-order valence-corrected chi connectivity index (χ4v) is 1.81. The normalized spacial score (nSPS) is 12.5. The molecule has 17 heavy (non-hydrogen) atoms. The lowest BCUT2D eigenvalue weighted by Gasteiger charge is -2.20. The number of carbonyl (C=O) groups is 1. The van der Waals surface area contributed by atoms with Crippen molar-refractivity contribution in [2.45, 2.75) is 25.0 Å². The Balaban J connectivity index is 2.99. The second-order valence-electron chi connectivity index (χ2n) is 4.35. The summed E-state index contributed by atoms with van der Waals surface area (Å²) in [6.45, 7) is 2.81. The Morgan fingerprint density at radius 1 is 1.47 bits per heavy atom. The third-order valence-corrected chi connectivity index (χ3v) is 5.23. The van der Waals surface area contributed by atoms with Crippen LogP contribution < -0.4 is 0 Å². The van der Waals surface area contributed by atoms with Gasteiger partial charge in [0.15, 0.2) is 15.6 Å². The molecule has 1 aromatic heterocycles. The number of hydrogen-bond acceptors (Lipinski definition) is 4. The summed E-state index contributed by atoms with van der Waals surface area (Å²) >= 11 is 5.87. The van der Waals surface area contributed by atoms with Crippen LogP contribution in [0.2, 0.25) is 5.02 Å². The molecule has 0 saturated heterocycles. The van der Waals surface area contributed by atoms with Crippen molar-refractivity contribution in [2.24, 2.45) is 0 Å². The van der Waals surface area contributed by atoms with E-state index in [9.17, 15) is 13.2 Å². The van der Waals surface area contributed by atoms with Crippen LogP contribution in [0.4, 0.5) is 0 Å². The smallest absolute Gasteiger partial charge is 0.159 e. The maximum Gasteiger partial charge on any atom is 0.159 e. The minimum absolute atomic E-state index is 0.0125. The maximum atomic E-state index is 12.0. The first-order valence-corrected chi connectivity index (χ1v) is 7.24. The minimum Gasteiger partial charge on any atom is -0.298 e. The first-order valence-electron chi connectivity index (χ1n) is 4.97. The SMILES string of the molecule is CC(C)(C(=O)Cc1ccncc1Cl)S(C)(=O)=O. The van der Waals surface area contributed by atoms with Gasteiger partial charge in [-0.3, -0.25) is 9.78 Å². The van der Waals surface area contributed by atoms with Crippen LogP contribution in [0.25, 0.3) is 0 Å². The van der Waals surface area contributed by atoms with Gasteiger partial charge in [0, 0.05) is 25.1 Å². The highest BCUT2D eigenvalue weighted by Crippen LogP contribution is 2.21. The molecule has 1 aromatic rings. The Morgan fingerprint density at radius 3 is 2.53 bits per heavy atom. The number of sulfone groups is 1. The second kappa shape index (κ2) is 4.74. The van der Waals surface area contributed by atoms with Gasteiger partial charge in [-0.05, 0) is 25.5 Å². The number of aromatic nitrogens is 1. The molecule has 4 nitrogen and oxygen atoms in total. The van der Waals surface area contributed by atoms with Crippen LogP contribution >= 0.6 is 11.6 Å². The van der Waals surface area contributed by atoms with Crippen molar-refractivity contribution in [2.75, 3.05) is 6.26 Å². The summed E-state index contributed by atoms with van der Waals surface area (Å²) in [4.78, 5) is 15.8. The molecule has 1 heterocycles. The molecule has 0 spiro atoms. The van der Waals surface area contributed by atoms with Crippen molar-refractivity contribution in [1.82, 2.24) is 4.98 Å². The van der Waals surface area contributed by atoms with Crippen LogP contribution in [0.5, 0.6) is 0 Å². The molecule has 0 aromatic carbocycles. The van der Waals surface area contributed by atoms with Crippen molar-refractivity contribution < 1.29 is 13.2 Å². The van der Waals surface area contributed by atoms with Crippen LogP contribution in [0.15, 0.2) is 18.5 Å². The predicted molar refractivity (Wildman–Crippen MR) is 66.9 cm³/mol. The molecule has 0 amide bonds. The van der Waals surface area contributed by atoms with Gasteiger partial charge in [-0.2, -0.15) is 0 Å². The molecule has 0 N–H and O–H groups in total. The Hall–Kier alpha value is -0.940. The van der Waals surface area contributed by atoms with Gasteiger partial charge in [0.2, 0.25) is 0 Å². The van der Waals surface area contributed by atoms with Crippen molar-refractivity contribution in [3.63, 3.8) is 0 Å². The molecule has 1 rings (SSSR count). The first-order chi connectivity index (χ1) is 7.66. The average Bonchev–Trinajstić information content (AvgIpc) is 2.19. The van der Waals surface area contributed by atoms with Crippen molar-refractivity contribution in [3.05, 3.63) is 29.0 Å². The van der Waals surface area contributed by atoms with Crippen molar-refractivity contribution in [1.29, 1.82) is 0 Å². The first kappa shape index (κ1) is 14.1. The van der Waals surface area contributed by atoms with Crippen molar-refractivity contribution in [3.8, 4) is 0 Å². The summed E-state index contributed by atoms with van der Waals surface area (Å²) in [6.07, 6.45) is 3.99. The highest BCUT2D eigenvalue weighted by Gasteiger charge is 2.37. The van der Waals surface area contributed by atoms with Crippen LogP contribution in [-0.4, -0.2) is 30.2 Å². The number of pyridine rings is 1. The van der Waals surface area contributed by atoms with E-state index in [2.05, 4.69) is 4.98 Å². The summed E-state index contributed by atoms with van der Waals surface area (Å²) in [7, 11) is -3.44. The van der Waals surface area contributed by atoms with E-state index in [1.165, 1.54) is 26.2 Å². The Labute approximate surface area is 106 Å². The summed E-state index contributed by atoms with van der Waals surface area (Å²) < 4.78 is 21.6. The van der Waals surface area contributed by atoms with Gasteiger partial charge in [0.1, 0.15) is 4.75 Å². The number of nitrogens with zero attached hydrogens (tertiary/aromatic N) is 1. The summed E-state index contributed by atoms with van der Waals surface area (Å²) in [5.41, 5.74) is 0.586. The molecule has 0 aliphatic heterocycles. The van der Waals surface area contributed by atoms with E-state index in [1.54, 1.807) is 6.07 Å². The average molecular weight is 276 g/mol. The van der Waals surface area contributed by atoms with Crippen LogP contribution in [0.3, 0.4) is 0 Å². The maximum absolute atomic E-state index is 12.0. The fourth-order valence-electron chi connectivity index (χ4n) is 1.14. The lowest BCUT2D eigenvalue weighted by Crippen LogP contribution is -2.40. The molecular weight excluding hydrogens is 262 g/mol. The third-order valence-electron chi connectivity index (χ3n) is 2.81. The molecule has 0 radical (unpaired) electrons. The monoisotopic (exact) mass is 275 g/mol.